The highest BCUT2D eigenvalue weighted by atomic mass is 16.5. The summed E-state index contributed by atoms with van der Waals surface area (Å²) in [4.78, 5) is 4.33. The smallest absolute Gasteiger partial charge is 0.288 e. The average Bonchev–Trinajstić information content (AvgIpc) is 2.56. The lowest BCUT2D eigenvalue weighted by molar-refractivity contribution is -0.661. The van der Waals surface area contributed by atoms with E-state index in [0.29, 0.717) is 5.88 Å². The Bertz CT molecular complexity index is 798. The van der Waals surface area contributed by atoms with Crippen molar-refractivity contribution in [1.29, 1.82) is 0 Å². The lowest BCUT2D eigenvalue weighted by Crippen LogP contribution is -2.31. The summed E-state index contributed by atoms with van der Waals surface area (Å²) in [5.41, 5.74) is 5.71. The molecule has 0 saturated carbocycles. The fraction of sp³-hybridized carbons (Fsp3) is 0.158. The van der Waals surface area contributed by atoms with E-state index in [0.717, 1.165) is 11.3 Å². The maximum atomic E-state index is 5.45. The molecule has 0 saturated heterocycles. The second kappa shape index (κ2) is 5.98. The summed E-state index contributed by atoms with van der Waals surface area (Å²) in [6, 6.07) is 16.9. The molecular weight excluding hydrogens is 272 g/mol. The van der Waals surface area contributed by atoms with Crippen molar-refractivity contribution in [3.8, 4) is 28.3 Å². The molecule has 1 heterocycles. The van der Waals surface area contributed by atoms with Gasteiger partial charge in [-0.25, -0.2) is 4.98 Å². The Morgan fingerprint density at radius 3 is 2.50 bits per heavy atom. The van der Waals surface area contributed by atoms with Gasteiger partial charge in [-0.15, -0.1) is 0 Å². The lowest BCUT2D eigenvalue weighted by atomic mass is 9.98. The van der Waals surface area contributed by atoms with Crippen LogP contribution in [0.2, 0.25) is 0 Å². The van der Waals surface area contributed by atoms with Crippen molar-refractivity contribution >= 4 is 0 Å². The molecule has 0 aliphatic rings. The van der Waals surface area contributed by atoms with Gasteiger partial charge in [0.15, 0.2) is 6.20 Å². The molecule has 2 aromatic carbocycles. The summed E-state index contributed by atoms with van der Waals surface area (Å²) < 4.78 is 7.49. The van der Waals surface area contributed by atoms with Crippen LogP contribution < -0.4 is 9.30 Å². The third-order valence-electron chi connectivity index (χ3n) is 3.83. The lowest BCUT2D eigenvalue weighted by Gasteiger charge is -2.10. The summed E-state index contributed by atoms with van der Waals surface area (Å²) in [7, 11) is 3.66. The quantitative estimate of drug-likeness (QED) is 0.690. The third-order valence-corrected chi connectivity index (χ3v) is 3.83. The van der Waals surface area contributed by atoms with Gasteiger partial charge in [0.25, 0.3) is 11.6 Å². The molecule has 3 rings (SSSR count). The number of nitrogens with zero attached hydrogens (tertiary/aromatic N) is 2. The van der Waals surface area contributed by atoms with Gasteiger partial charge in [-0.05, 0) is 29.7 Å². The van der Waals surface area contributed by atoms with Crippen molar-refractivity contribution in [3.05, 3.63) is 66.5 Å². The number of hydrogen-bond acceptors (Lipinski definition) is 2. The van der Waals surface area contributed by atoms with E-state index in [4.69, 9.17) is 4.74 Å². The van der Waals surface area contributed by atoms with Crippen molar-refractivity contribution in [2.45, 2.75) is 6.92 Å². The van der Waals surface area contributed by atoms with Crippen molar-refractivity contribution in [1.82, 2.24) is 4.98 Å². The predicted octanol–water partition coefficient (Wildman–Crippen LogP) is 3.56. The minimum atomic E-state index is 0.637. The zero-order valence-electron chi connectivity index (χ0n) is 13.1. The van der Waals surface area contributed by atoms with Crippen molar-refractivity contribution in [2.24, 2.45) is 7.05 Å². The van der Waals surface area contributed by atoms with E-state index in [2.05, 4.69) is 54.4 Å². The topological polar surface area (TPSA) is 26.0 Å². The van der Waals surface area contributed by atoms with Gasteiger partial charge in [0.1, 0.15) is 7.05 Å². The molecule has 110 valence electrons. The number of benzene rings is 2. The molecule has 0 radical (unpaired) electrons. The van der Waals surface area contributed by atoms with Gasteiger partial charge in [-0.3, -0.25) is 0 Å². The van der Waals surface area contributed by atoms with E-state index in [1.165, 1.54) is 16.7 Å². The van der Waals surface area contributed by atoms with E-state index < -0.39 is 0 Å². The molecule has 1 aromatic heterocycles. The van der Waals surface area contributed by atoms with E-state index in [1.54, 1.807) is 13.3 Å². The molecule has 0 spiro atoms. The Labute approximate surface area is 130 Å². The number of aromatic nitrogens is 2. The first-order chi connectivity index (χ1) is 10.7. The monoisotopic (exact) mass is 291 g/mol. The van der Waals surface area contributed by atoms with Gasteiger partial charge < -0.3 is 4.74 Å². The standard InChI is InChI=1S/C19H19N2O/c1-14-9-10-16(15-7-5-4-6-8-15)13-17(14)18-19(22-3)20-11-12-21(18)2/h4-13H,1-3H3/q+1. The highest BCUT2D eigenvalue weighted by molar-refractivity contribution is 5.74. The Balaban J connectivity index is 2.20. The van der Waals surface area contributed by atoms with E-state index in [-0.39, 0.29) is 0 Å². The zero-order chi connectivity index (χ0) is 15.5. The van der Waals surface area contributed by atoms with Crippen LogP contribution in [0.15, 0.2) is 60.9 Å². The van der Waals surface area contributed by atoms with Crippen LogP contribution in [0.4, 0.5) is 0 Å². The Morgan fingerprint density at radius 2 is 1.77 bits per heavy atom. The number of hydrogen-bond donors (Lipinski definition) is 0. The molecule has 0 amide bonds. The van der Waals surface area contributed by atoms with Crippen LogP contribution in [0.3, 0.4) is 0 Å². The van der Waals surface area contributed by atoms with Crippen LogP contribution >= 0.6 is 0 Å². The summed E-state index contributed by atoms with van der Waals surface area (Å²) in [6.45, 7) is 2.11. The van der Waals surface area contributed by atoms with E-state index in [1.807, 2.05) is 23.9 Å². The molecule has 0 aliphatic heterocycles. The van der Waals surface area contributed by atoms with Crippen molar-refractivity contribution in [2.75, 3.05) is 7.11 Å². The minimum absolute atomic E-state index is 0.637. The molecule has 0 N–H and O–H groups in total. The second-order valence-electron chi connectivity index (χ2n) is 5.29. The molecule has 22 heavy (non-hydrogen) atoms. The maximum absolute atomic E-state index is 5.45. The third kappa shape index (κ3) is 2.58. The predicted molar refractivity (Wildman–Crippen MR) is 87.6 cm³/mol. The van der Waals surface area contributed by atoms with Gasteiger partial charge in [-0.2, -0.15) is 4.57 Å². The van der Waals surface area contributed by atoms with Gasteiger partial charge in [0, 0.05) is 0 Å². The molecule has 3 heteroatoms. The summed E-state index contributed by atoms with van der Waals surface area (Å²) >= 11 is 0. The van der Waals surface area contributed by atoms with Crippen molar-refractivity contribution in [3.63, 3.8) is 0 Å². The molecular formula is C19H19N2O+. The van der Waals surface area contributed by atoms with Crippen LogP contribution in [-0.4, -0.2) is 12.1 Å². The fourth-order valence-electron chi connectivity index (χ4n) is 2.63. The molecule has 0 bridgehead atoms. The summed E-state index contributed by atoms with van der Waals surface area (Å²) in [5, 5.41) is 0. The molecule has 3 nitrogen and oxygen atoms in total. The highest BCUT2D eigenvalue weighted by Crippen LogP contribution is 2.31. The normalized spacial score (nSPS) is 10.5. The van der Waals surface area contributed by atoms with Gasteiger partial charge in [-0.1, -0.05) is 42.5 Å². The van der Waals surface area contributed by atoms with Gasteiger partial charge >= 0.3 is 0 Å². The zero-order valence-corrected chi connectivity index (χ0v) is 13.1. The first kappa shape index (κ1) is 14.3. The summed E-state index contributed by atoms with van der Waals surface area (Å²) in [5.74, 6) is 0.637. The molecule has 3 aromatic rings. The van der Waals surface area contributed by atoms with E-state index >= 15 is 0 Å². The summed E-state index contributed by atoms with van der Waals surface area (Å²) in [6.07, 6.45) is 3.69. The van der Waals surface area contributed by atoms with Gasteiger partial charge in [0.2, 0.25) is 0 Å². The first-order valence-electron chi connectivity index (χ1n) is 7.26. The highest BCUT2D eigenvalue weighted by Gasteiger charge is 2.20. The van der Waals surface area contributed by atoms with Crippen LogP contribution in [0.25, 0.3) is 22.4 Å². The number of rotatable bonds is 3. The van der Waals surface area contributed by atoms with Crippen LogP contribution in [0.1, 0.15) is 5.56 Å². The van der Waals surface area contributed by atoms with Crippen LogP contribution in [-0.2, 0) is 7.05 Å². The molecule has 0 atom stereocenters. The average molecular weight is 291 g/mol. The van der Waals surface area contributed by atoms with Gasteiger partial charge in [0.05, 0.1) is 18.9 Å². The minimum Gasteiger partial charge on any atom is -0.476 e. The van der Waals surface area contributed by atoms with Crippen molar-refractivity contribution < 1.29 is 9.30 Å². The maximum Gasteiger partial charge on any atom is 0.288 e. The Morgan fingerprint density at radius 1 is 1.00 bits per heavy atom. The Kier molecular flexibility index (Phi) is 3.88. The second-order valence-corrected chi connectivity index (χ2v) is 5.29. The Hall–Kier alpha value is -2.68. The largest absolute Gasteiger partial charge is 0.476 e. The SMILES string of the molecule is COc1ncc[n+](C)c1-c1cc(-c2ccccc2)ccc1C. The van der Waals surface area contributed by atoms with Crippen LogP contribution in [0.5, 0.6) is 5.88 Å². The molecule has 0 aliphatic carbocycles. The number of ether oxygens (including phenoxy) is 1. The molecule has 0 fully saturated rings. The van der Waals surface area contributed by atoms with Crippen LogP contribution in [0, 0.1) is 6.92 Å². The first-order valence-corrected chi connectivity index (χ1v) is 7.26. The fourth-order valence-corrected chi connectivity index (χ4v) is 2.63. The molecule has 0 unspecified atom stereocenters. The number of aryl methyl sites for hydroxylation is 2. The van der Waals surface area contributed by atoms with E-state index in [9.17, 15) is 0 Å². The number of methoxy groups -OCH3 is 1.